The second kappa shape index (κ2) is 15.9. The van der Waals surface area contributed by atoms with Crippen LogP contribution in [0.3, 0.4) is 0 Å². The van der Waals surface area contributed by atoms with Crippen LogP contribution < -0.4 is 4.74 Å². The van der Waals surface area contributed by atoms with Crippen LogP contribution in [-0.4, -0.2) is 31.9 Å². The molecule has 1 aliphatic heterocycles. The maximum Gasteiger partial charge on any atom is 0.324 e. The van der Waals surface area contributed by atoms with Crippen molar-refractivity contribution in [1.29, 1.82) is 0 Å². The van der Waals surface area contributed by atoms with Crippen LogP contribution in [0.1, 0.15) is 117 Å². The van der Waals surface area contributed by atoms with E-state index in [1.807, 2.05) is 6.92 Å². The molecule has 0 saturated heterocycles. The lowest BCUT2D eigenvalue weighted by atomic mass is 9.90. The van der Waals surface area contributed by atoms with E-state index in [-0.39, 0.29) is 28.2 Å². The molecule has 2 amide bonds. The number of amides is 2. The van der Waals surface area contributed by atoms with Crippen LogP contribution in [0.4, 0.5) is 17.6 Å². The predicted molar refractivity (Wildman–Crippen MR) is 165 cm³/mol. The summed E-state index contributed by atoms with van der Waals surface area (Å²) in [7, 11) is -5.79. The van der Waals surface area contributed by atoms with Gasteiger partial charge in [-0.2, -0.15) is 17.2 Å². The van der Waals surface area contributed by atoms with Crippen molar-refractivity contribution in [3.63, 3.8) is 0 Å². The smallest absolute Gasteiger partial charge is 0.324 e. The number of nitrogens with zero attached hydrogens (tertiary/aromatic N) is 1. The molecule has 0 atom stereocenters. The van der Waals surface area contributed by atoms with Gasteiger partial charge >= 0.3 is 10.1 Å². The monoisotopic (exact) mass is 665 g/mol. The van der Waals surface area contributed by atoms with Crippen molar-refractivity contribution in [2.24, 2.45) is 0 Å². The molecule has 0 fully saturated rings. The van der Waals surface area contributed by atoms with Crippen LogP contribution in [0.2, 0.25) is 0 Å². The zero-order valence-electron chi connectivity index (χ0n) is 26.1. The average Bonchev–Trinajstić information content (AvgIpc) is 3.04. The van der Waals surface area contributed by atoms with E-state index in [1.165, 1.54) is 43.9 Å². The Kier molecular flexibility index (Phi) is 12.2. The van der Waals surface area contributed by atoms with Crippen molar-refractivity contribution in [3.8, 4) is 5.75 Å². The number of hydrogen-bond acceptors (Lipinski definition) is 6. The lowest BCUT2D eigenvalue weighted by Gasteiger charge is -2.26. The highest BCUT2D eigenvalue weighted by atomic mass is 32.2. The normalized spacial score (nSPS) is 13.2. The number of carbonyl (C=O) groups is 2. The van der Waals surface area contributed by atoms with Crippen molar-refractivity contribution < 1.29 is 44.6 Å². The third-order valence-electron chi connectivity index (χ3n) is 8.11. The molecule has 12 heteroatoms. The summed E-state index contributed by atoms with van der Waals surface area (Å²) < 4.78 is 95.4. The zero-order valence-corrected chi connectivity index (χ0v) is 26.9. The molecular weight excluding hydrogens is 626 g/mol. The van der Waals surface area contributed by atoms with E-state index in [0.29, 0.717) is 24.6 Å². The van der Waals surface area contributed by atoms with Crippen LogP contribution in [0.25, 0.3) is 10.8 Å². The summed E-state index contributed by atoms with van der Waals surface area (Å²) in [5.74, 6) is -12.6. The number of halogens is 4. The first-order valence-corrected chi connectivity index (χ1v) is 17.3. The van der Waals surface area contributed by atoms with E-state index >= 15 is 8.78 Å². The Morgan fingerprint density at radius 1 is 0.674 bits per heavy atom. The Morgan fingerprint density at radius 2 is 1.22 bits per heavy atom. The number of unbranched alkanes of at least 4 members (excludes halogenated alkanes) is 10. The molecule has 0 aromatic heterocycles. The highest BCUT2D eigenvalue weighted by Crippen LogP contribution is 2.37. The summed E-state index contributed by atoms with van der Waals surface area (Å²) in [5.41, 5.74) is 0.694. The van der Waals surface area contributed by atoms with E-state index < -0.39 is 55.8 Å². The maximum absolute atomic E-state index is 15.0. The number of hydroxylamine groups is 2. The molecule has 3 aromatic carbocycles. The first-order chi connectivity index (χ1) is 22.0. The third-order valence-corrected chi connectivity index (χ3v) is 9.31. The van der Waals surface area contributed by atoms with Crippen LogP contribution in [0, 0.1) is 23.3 Å². The molecule has 7 nitrogen and oxygen atoms in total. The van der Waals surface area contributed by atoms with Gasteiger partial charge in [0, 0.05) is 5.39 Å². The standard InChI is InChI=1S/C34H39F4NO6S/c1-3-5-7-8-9-10-11-12-13-14-21-44-31-27(35)29(37)32(30(38)28(31)36)46(42,43)45-39-33(40)24-18-15-17-23-22(16-6-4-2)19-20-25(26(23)24)34(39)41/h15,17-20H,3-14,16,21H2,1-2H3. The molecule has 250 valence electrons. The van der Waals surface area contributed by atoms with Gasteiger partial charge in [-0.15, -0.1) is 9.35 Å². The van der Waals surface area contributed by atoms with Gasteiger partial charge < -0.3 is 4.74 Å². The van der Waals surface area contributed by atoms with Gasteiger partial charge in [-0.3, -0.25) is 9.59 Å². The second-order valence-corrected chi connectivity index (χ2v) is 12.9. The Balaban J connectivity index is 1.47. The van der Waals surface area contributed by atoms with Gasteiger partial charge in [0.05, 0.1) is 17.7 Å². The number of rotatable bonds is 18. The minimum atomic E-state index is -5.79. The summed E-state index contributed by atoms with van der Waals surface area (Å²) in [5, 5.41) is 0.714. The van der Waals surface area contributed by atoms with Gasteiger partial charge in [0.2, 0.25) is 11.6 Å². The number of carbonyl (C=O) groups excluding carboxylic acids is 2. The van der Waals surface area contributed by atoms with Crippen molar-refractivity contribution in [2.75, 3.05) is 6.61 Å². The van der Waals surface area contributed by atoms with E-state index in [9.17, 15) is 26.8 Å². The van der Waals surface area contributed by atoms with Crippen molar-refractivity contribution in [3.05, 3.63) is 70.3 Å². The first kappa shape index (κ1) is 35.3. The summed E-state index contributed by atoms with van der Waals surface area (Å²) >= 11 is 0. The Bertz CT molecular complexity index is 1640. The second-order valence-electron chi connectivity index (χ2n) is 11.5. The number of aryl methyl sites for hydroxylation is 1. The Labute approximate surface area is 266 Å². The number of ether oxygens (including phenoxy) is 1. The zero-order chi connectivity index (χ0) is 33.4. The number of imide groups is 1. The maximum atomic E-state index is 15.0. The summed E-state index contributed by atoms with van der Waals surface area (Å²) in [6, 6.07) is 7.66. The van der Waals surface area contributed by atoms with Gasteiger partial charge in [-0.05, 0) is 42.3 Å². The number of benzene rings is 3. The minimum absolute atomic E-state index is 0.0883. The third kappa shape index (κ3) is 7.54. The summed E-state index contributed by atoms with van der Waals surface area (Å²) in [4.78, 5) is 24.4. The Morgan fingerprint density at radius 3 is 1.80 bits per heavy atom. The molecule has 0 saturated carbocycles. The highest BCUT2D eigenvalue weighted by Gasteiger charge is 2.42. The molecule has 4 rings (SSSR count). The predicted octanol–water partition coefficient (Wildman–Crippen LogP) is 8.96. The SMILES string of the molecule is CCCCCCCCCCCCOc1c(F)c(F)c(S(=O)(=O)ON2C(=O)c3cccc4c(CCCC)ccc(c34)C2=O)c(F)c1F. The molecular formula is C34H39F4NO6S. The van der Waals surface area contributed by atoms with Crippen molar-refractivity contribution >= 4 is 32.7 Å². The molecule has 0 aliphatic carbocycles. The van der Waals surface area contributed by atoms with Crippen molar-refractivity contribution in [1.82, 2.24) is 5.06 Å². The number of hydrogen-bond donors (Lipinski definition) is 0. The Hall–Kier alpha value is -3.51. The van der Waals surface area contributed by atoms with Gasteiger partial charge in [0.1, 0.15) is 0 Å². The van der Waals surface area contributed by atoms with Gasteiger partial charge in [0.15, 0.2) is 22.3 Å². The van der Waals surface area contributed by atoms with Gasteiger partial charge in [0.25, 0.3) is 11.8 Å². The van der Waals surface area contributed by atoms with E-state index in [2.05, 4.69) is 11.2 Å². The first-order valence-electron chi connectivity index (χ1n) is 15.9. The summed E-state index contributed by atoms with van der Waals surface area (Å²) in [6.07, 6.45) is 12.3. The largest absolute Gasteiger partial charge is 0.487 e. The lowest BCUT2D eigenvalue weighted by molar-refractivity contribution is -0.0159. The molecule has 0 unspecified atom stereocenters. The molecule has 0 spiro atoms. The van der Waals surface area contributed by atoms with E-state index in [1.54, 1.807) is 12.1 Å². The van der Waals surface area contributed by atoms with E-state index in [4.69, 9.17) is 4.74 Å². The minimum Gasteiger partial charge on any atom is -0.487 e. The van der Waals surface area contributed by atoms with Gasteiger partial charge in [-0.1, -0.05) is 96.3 Å². The average molecular weight is 666 g/mol. The quantitative estimate of drug-likeness (QED) is 0.0583. The van der Waals surface area contributed by atoms with Crippen LogP contribution in [0.15, 0.2) is 35.2 Å². The molecule has 3 aromatic rings. The van der Waals surface area contributed by atoms with E-state index in [0.717, 1.165) is 44.1 Å². The molecule has 1 heterocycles. The molecule has 0 radical (unpaired) electrons. The van der Waals surface area contributed by atoms with Crippen LogP contribution in [-0.2, 0) is 20.8 Å². The van der Waals surface area contributed by atoms with Crippen LogP contribution >= 0.6 is 0 Å². The fraction of sp³-hybridized carbons (Fsp3) is 0.471. The topological polar surface area (TPSA) is 90.0 Å². The molecule has 0 N–H and O–H groups in total. The fourth-order valence-corrected chi connectivity index (χ4v) is 6.65. The molecule has 0 bridgehead atoms. The van der Waals surface area contributed by atoms with Crippen LogP contribution in [0.5, 0.6) is 5.75 Å². The lowest BCUT2D eigenvalue weighted by Crippen LogP contribution is -2.42. The fourth-order valence-electron chi connectivity index (χ4n) is 5.62. The highest BCUT2D eigenvalue weighted by molar-refractivity contribution is 7.86. The van der Waals surface area contributed by atoms with Crippen molar-refractivity contribution in [2.45, 2.75) is 102 Å². The van der Waals surface area contributed by atoms with Gasteiger partial charge in [-0.25, -0.2) is 8.78 Å². The molecule has 1 aliphatic rings. The molecule has 46 heavy (non-hydrogen) atoms. The summed E-state index contributed by atoms with van der Waals surface area (Å²) in [6.45, 7) is 3.91.